The largest absolute Gasteiger partial charge is 0.292 e. The van der Waals surface area contributed by atoms with Crippen LogP contribution < -0.4 is 0 Å². The monoisotopic (exact) mass is 341 g/mol. The highest BCUT2D eigenvalue weighted by Gasteiger charge is 2.64. The molecule has 3 aromatic rings. The van der Waals surface area contributed by atoms with E-state index in [-0.39, 0.29) is 11.8 Å². The minimum atomic E-state index is -0.523. The first-order valence-electron chi connectivity index (χ1n) is 8.98. The van der Waals surface area contributed by atoms with Gasteiger partial charge in [-0.2, -0.15) is 0 Å². The number of nitrogens with zero attached hydrogens (tertiary/aromatic N) is 1. The van der Waals surface area contributed by atoms with Gasteiger partial charge in [-0.15, -0.1) is 5.06 Å². The fourth-order valence-corrected chi connectivity index (χ4v) is 4.07. The van der Waals surface area contributed by atoms with Crippen molar-refractivity contribution in [3.8, 4) is 0 Å². The molecular weight excluding hydrogens is 322 g/mol. The SMILES string of the molecule is O=C(c1ccccc1)C1Cc2ccccc2C2(Cc3ccccc3)ON12. The van der Waals surface area contributed by atoms with E-state index in [0.29, 0.717) is 6.42 Å². The maximum atomic E-state index is 13.1. The van der Waals surface area contributed by atoms with Crippen LogP contribution in [-0.4, -0.2) is 16.9 Å². The van der Waals surface area contributed by atoms with Crippen LogP contribution in [0.3, 0.4) is 0 Å². The number of hydrogen-bond acceptors (Lipinski definition) is 3. The molecule has 0 spiro atoms. The number of carbonyl (C=O) groups excluding carboxylic acids is 1. The van der Waals surface area contributed by atoms with E-state index < -0.39 is 5.72 Å². The Labute approximate surface area is 152 Å². The first-order valence-corrected chi connectivity index (χ1v) is 8.98. The van der Waals surface area contributed by atoms with E-state index in [9.17, 15) is 4.79 Å². The van der Waals surface area contributed by atoms with Gasteiger partial charge >= 0.3 is 0 Å². The first kappa shape index (κ1) is 15.5. The fourth-order valence-electron chi connectivity index (χ4n) is 4.07. The maximum absolute atomic E-state index is 13.1. The summed E-state index contributed by atoms with van der Waals surface area (Å²) in [4.78, 5) is 19.3. The number of rotatable bonds is 4. The number of ketones is 1. The van der Waals surface area contributed by atoms with E-state index in [2.05, 4.69) is 24.3 Å². The summed E-state index contributed by atoms with van der Waals surface area (Å²) in [6.07, 6.45) is 1.42. The topological polar surface area (TPSA) is 32.6 Å². The van der Waals surface area contributed by atoms with E-state index >= 15 is 0 Å². The van der Waals surface area contributed by atoms with Crippen LogP contribution in [0.2, 0.25) is 0 Å². The molecule has 0 aliphatic carbocycles. The highest BCUT2D eigenvalue weighted by atomic mass is 16.9. The molecule has 1 fully saturated rings. The predicted molar refractivity (Wildman–Crippen MR) is 99.5 cm³/mol. The van der Waals surface area contributed by atoms with E-state index in [0.717, 1.165) is 12.0 Å². The molecule has 5 rings (SSSR count). The standard InChI is InChI=1S/C23H19NO2/c25-22(18-11-5-2-6-12-18)21-15-19-13-7-8-14-20(19)23(24(21)26-23)16-17-9-3-1-4-10-17/h1-14,21H,15-16H2. The molecule has 0 aromatic heterocycles. The van der Waals surface area contributed by atoms with Gasteiger partial charge < -0.3 is 0 Å². The van der Waals surface area contributed by atoms with Crippen molar-refractivity contribution in [1.29, 1.82) is 0 Å². The lowest BCUT2D eigenvalue weighted by molar-refractivity contribution is 0.0770. The van der Waals surface area contributed by atoms with Crippen LogP contribution in [0, 0.1) is 0 Å². The Kier molecular flexibility index (Phi) is 3.52. The van der Waals surface area contributed by atoms with E-state index in [4.69, 9.17) is 4.84 Å². The van der Waals surface area contributed by atoms with Gasteiger partial charge in [0, 0.05) is 17.5 Å². The lowest BCUT2D eigenvalue weighted by atomic mass is 9.84. The molecule has 26 heavy (non-hydrogen) atoms. The second kappa shape index (κ2) is 5.90. The van der Waals surface area contributed by atoms with Crippen LogP contribution in [0.4, 0.5) is 0 Å². The van der Waals surface area contributed by atoms with Crippen LogP contribution in [0.15, 0.2) is 84.9 Å². The lowest BCUT2D eigenvalue weighted by Crippen LogP contribution is -2.40. The van der Waals surface area contributed by atoms with Gasteiger partial charge in [0.15, 0.2) is 11.5 Å². The smallest absolute Gasteiger partial charge is 0.195 e. The van der Waals surface area contributed by atoms with Crippen molar-refractivity contribution in [3.63, 3.8) is 0 Å². The zero-order valence-corrected chi connectivity index (χ0v) is 14.3. The highest BCUT2D eigenvalue weighted by Crippen LogP contribution is 2.54. The van der Waals surface area contributed by atoms with Crippen LogP contribution in [0.25, 0.3) is 0 Å². The summed E-state index contributed by atoms with van der Waals surface area (Å²) in [5.74, 6) is 0.120. The van der Waals surface area contributed by atoms with E-state index in [1.165, 1.54) is 16.7 Å². The van der Waals surface area contributed by atoms with Crippen LogP contribution >= 0.6 is 0 Å². The van der Waals surface area contributed by atoms with Gasteiger partial charge in [-0.05, 0) is 17.5 Å². The summed E-state index contributed by atoms with van der Waals surface area (Å²) in [5.41, 5.74) is 3.80. The minimum absolute atomic E-state index is 0.120. The van der Waals surface area contributed by atoms with E-state index in [1.807, 2.05) is 65.7 Å². The number of hydrogen-bond donors (Lipinski definition) is 0. The molecule has 3 atom stereocenters. The molecule has 1 saturated heterocycles. The number of fused-ring (bicyclic) bond motifs is 3. The van der Waals surface area contributed by atoms with Gasteiger partial charge in [-0.1, -0.05) is 84.9 Å². The summed E-state index contributed by atoms with van der Waals surface area (Å²) < 4.78 is 0. The third-order valence-electron chi connectivity index (χ3n) is 5.36. The fraction of sp³-hybridized carbons (Fsp3) is 0.174. The van der Waals surface area contributed by atoms with Gasteiger partial charge in [0.1, 0.15) is 6.04 Å². The second-order valence-electron chi connectivity index (χ2n) is 6.97. The van der Waals surface area contributed by atoms with Crippen molar-refractivity contribution < 1.29 is 9.63 Å². The van der Waals surface area contributed by atoms with Gasteiger partial charge in [0.05, 0.1) is 0 Å². The summed E-state index contributed by atoms with van der Waals surface area (Å²) in [5, 5.41) is 1.91. The summed E-state index contributed by atoms with van der Waals surface area (Å²) >= 11 is 0. The molecule has 3 aromatic carbocycles. The summed E-state index contributed by atoms with van der Waals surface area (Å²) in [6, 6.07) is 27.9. The van der Waals surface area contributed by atoms with Crippen LogP contribution in [0.5, 0.6) is 0 Å². The highest BCUT2D eigenvalue weighted by molar-refractivity contribution is 6.00. The van der Waals surface area contributed by atoms with Crippen LogP contribution in [-0.2, 0) is 23.4 Å². The Balaban J connectivity index is 1.54. The second-order valence-corrected chi connectivity index (χ2v) is 6.97. The van der Waals surface area contributed by atoms with Gasteiger partial charge in [-0.25, -0.2) is 0 Å². The molecule has 3 heteroatoms. The molecule has 3 nitrogen and oxygen atoms in total. The zero-order chi connectivity index (χ0) is 17.6. The number of benzene rings is 3. The molecule has 0 N–H and O–H groups in total. The Hall–Kier alpha value is -2.75. The molecular formula is C23H19NO2. The number of Topliss-reactive ketones (excluding diaryl/α,β-unsaturated/α-hetero) is 1. The average Bonchev–Trinajstić information content (AvgIpc) is 3.44. The van der Waals surface area contributed by atoms with E-state index in [1.54, 1.807) is 0 Å². The summed E-state index contributed by atoms with van der Waals surface area (Å²) in [7, 11) is 0. The Morgan fingerprint density at radius 3 is 2.35 bits per heavy atom. The van der Waals surface area contributed by atoms with Crippen molar-refractivity contribution in [2.45, 2.75) is 24.6 Å². The van der Waals surface area contributed by atoms with Crippen molar-refractivity contribution in [3.05, 3.63) is 107 Å². The zero-order valence-electron chi connectivity index (χ0n) is 14.3. The average molecular weight is 341 g/mol. The lowest BCUT2D eigenvalue weighted by Gasteiger charge is -2.27. The molecule has 2 heterocycles. The first-order chi connectivity index (χ1) is 12.8. The van der Waals surface area contributed by atoms with Crippen LogP contribution in [0.1, 0.15) is 27.0 Å². The Morgan fingerprint density at radius 2 is 1.58 bits per heavy atom. The minimum Gasteiger partial charge on any atom is -0.292 e. The van der Waals surface area contributed by atoms with Gasteiger partial charge in [0.25, 0.3) is 0 Å². The van der Waals surface area contributed by atoms with Crippen molar-refractivity contribution in [1.82, 2.24) is 5.06 Å². The molecule has 3 unspecified atom stereocenters. The molecule has 0 saturated carbocycles. The molecule has 2 aliphatic rings. The quantitative estimate of drug-likeness (QED) is 0.528. The normalized spacial score (nSPS) is 25.8. The molecule has 0 radical (unpaired) electrons. The maximum Gasteiger partial charge on any atom is 0.195 e. The van der Waals surface area contributed by atoms with Crippen molar-refractivity contribution in [2.75, 3.05) is 0 Å². The summed E-state index contributed by atoms with van der Waals surface area (Å²) in [6.45, 7) is 0. The third kappa shape index (κ3) is 2.40. The predicted octanol–water partition coefficient (Wildman–Crippen LogP) is 4.14. The van der Waals surface area contributed by atoms with Gasteiger partial charge in [0.2, 0.25) is 0 Å². The Morgan fingerprint density at radius 1 is 0.923 bits per heavy atom. The van der Waals surface area contributed by atoms with Crippen molar-refractivity contribution in [2.24, 2.45) is 0 Å². The number of carbonyl (C=O) groups is 1. The number of hydroxylamine groups is 2. The molecule has 0 amide bonds. The van der Waals surface area contributed by atoms with Crippen molar-refractivity contribution >= 4 is 5.78 Å². The molecule has 128 valence electrons. The van der Waals surface area contributed by atoms with Gasteiger partial charge in [-0.3, -0.25) is 9.63 Å². The molecule has 0 bridgehead atoms. The molecule has 2 aliphatic heterocycles. The Bertz CT molecular complexity index is 954. The third-order valence-corrected chi connectivity index (χ3v) is 5.36.